The molecule has 3 aromatic rings. The highest BCUT2D eigenvalue weighted by Crippen LogP contribution is 2.30. The summed E-state index contributed by atoms with van der Waals surface area (Å²) in [6.07, 6.45) is 2.03. The second-order valence-electron chi connectivity index (χ2n) is 6.00. The zero-order chi connectivity index (χ0) is 17.4. The number of hydrogen-bond donors (Lipinski definition) is 1. The molecule has 0 spiro atoms. The predicted molar refractivity (Wildman–Crippen MR) is 90.3 cm³/mol. The average molecular weight is 338 g/mol. The Kier molecular flexibility index (Phi) is 3.76. The van der Waals surface area contributed by atoms with Crippen molar-refractivity contribution in [2.45, 2.75) is 19.9 Å². The van der Waals surface area contributed by atoms with Crippen LogP contribution in [0.2, 0.25) is 0 Å². The van der Waals surface area contributed by atoms with Crippen molar-refractivity contribution in [1.29, 1.82) is 0 Å². The summed E-state index contributed by atoms with van der Waals surface area (Å²) in [6.45, 7) is 2.86. The largest absolute Gasteiger partial charge is 0.497 e. The average Bonchev–Trinajstić information content (AvgIpc) is 3.26. The number of carbonyl (C=O) groups excluding carboxylic acids is 1. The Morgan fingerprint density at radius 3 is 3.04 bits per heavy atom. The second kappa shape index (κ2) is 6.08. The molecule has 0 saturated carbocycles. The molecule has 1 N–H and O–H groups in total. The van der Waals surface area contributed by atoms with Crippen LogP contribution in [0.15, 0.2) is 35.1 Å². The van der Waals surface area contributed by atoms with Crippen LogP contribution >= 0.6 is 0 Å². The molecule has 0 bridgehead atoms. The van der Waals surface area contributed by atoms with E-state index in [-0.39, 0.29) is 5.91 Å². The monoisotopic (exact) mass is 338 g/mol. The van der Waals surface area contributed by atoms with Gasteiger partial charge in [-0.3, -0.25) is 9.89 Å². The number of oxazole rings is 1. The zero-order valence-corrected chi connectivity index (χ0v) is 14.1. The molecule has 25 heavy (non-hydrogen) atoms. The molecule has 3 heterocycles. The van der Waals surface area contributed by atoms with Crippen LogP contribution in [0.4, 0.5) is 0 Å². The molecule has 0 unspecified atom stereocenters. The summed E-state index contributed by atoms with van der Waals surface area (Å²) in [6, 6.07) is 7.76. The van der Waals surface area contributed by atoms with Crippen molar-refractivity contribution in [3.05, 3.63) is 53.4 Å². The standard InChI is InChI=1S/C18H18N4O3/c1-11-16(19-10-25-11)18(23)22-7-6-15-14(9-22)17(21-20-15)12-4-3-5-13(8-12)24-2/h3-5,8,10H,6-7,9H2,1-2H3,(H,20,21). The van der Waals surface area contributed by atoms with Gasteiger partial charge in [0, 0.05) is 29.8 Å². The van der Waals surface area contributed by atoms with Crippen molar-refractivity contribution in [2.75, 3.05) is 13.7 Å². The summed E-state index contributed by atoms with van der Waals surface area (Å²) in [7, 11) is 1.64. The van der Waals surface area contributed by atoms with Gasteiger partial charge in [0.05, 0.1) is 19.3 Å². The van der Waals surface area contributed by atoms with E-state index >= 15 is 0 Å². The minimum atomic E-state index is -0.116. The van der Waals surface area contributed by atoms with E-state index in [2.05, 4.69) is 15.2 Å². The van der Waals surface area contributed by atoms with Crippen LogP contribution in [0.3, 0.4) is 0 Å². The topological polar surface area (TPSA) is 84.2 Å². The van der Waals surface area contributed by atoms with E-state index in [1.807, 2.05) is 24.3 Å². The van der Waals surface area contributed by atoms with E-state index in [1.165, 1.54) is 6.39 Å². The third-order valence-electron chi connectivity index (χ3n) is 4.51. The van der Waals surface area contributed by atoms with Gasteiger partial charge in [-0.2, -0.15) is 5.10 Å². The van der Waals surface area contributed by atoms with Crippen LogP contribution in [-0.4, -0.2) is 39.6 Å². The number of ether oxygens (including phenoxy) is 1. The Hall–Kier alpha value is -3.09. The number of methoxy groups -OCH3 is 1. The smallest absolute Gasteiger partial charge is 0.276 e. The summed E-state index contributed by atoms with van der Waals surface area (Å²) in [5.74, 6) is 1.20. The first kappa shape index (κ1) is 15.4. The number of amides is 1. The molecule has 128 valence electrons. The fraction of sp³-hybridized carbons (Fsp3) is 0.278. The Labute approximate surface area is 144 Å². The van der Waals surface area contributed by atoms with Crippen molar-refractivity contribution < 1.29 is 13.9 Å². The lowest BCUT2D eigenvalue weighted by atomic mass is 10.0. The lowest BCUT2D eigenvalue weighted by molar-refractivity contribution is 0.0727. The molecule has 7 nitrogen and oxygen atoms in total. The van der Waals surface area contributed by atoms with E-state index in [0.717, 1.165) is 34.7 Å². The van der Waals surface area contributed by atoms with Gasteiger partial charge in [-0.15, -0.1) is 0 Å². The second-order valence-corrected chi connectivity index (χ2v) is 6.00. The number of hydrogen-bond acceptors (Lipinski definition) is 5. The van der Waals surface area contributed by atoms with Crippen molar-refractivity contribution in [2.24, 2.45) is 0 Å². The maximum absolute atomic E-state index is 12.7. The Bertz CT molecular complexity index is 928. The molecule has 0 atom stereocenters. The van der Waals surface area contributed by atoms with Crippen LogP contribution in [0.25, 0.3) is 11.3 Å². The number of carbonyl (C=O) groups is 1. The fourth-order valence-corrected chi connectivity index (χ4v) is 3.14. The maximum atomic E-state index is 12.7. The van der Waals surface area contributed by atoms with Gasteiger partial charge in [-0.25, -0.2) is 4.98 Å². The van der Waals surface area contributed by atoms with Crippen molar-refractivity contribution >= 4 is 5.91 Å². The number of nitrogens with zero attached hydrogens (tertiary/aromatic N) is 3. The van der Waals surface area contributed by atoms with E-state index < -0.39 is 0 Å². The molecule has 1 amide bonds. The fourth-order valence-electron chi connectivity index (χ4n) is 3.14. The van der Waals surface area contributed by atoms with Crippen LogP contribution in [0.1, 0.15) is 27.5 Å². The van der Waals surface area contributed by atoms with Crippen LogP contribution in [-0.2, 0) is 13.0 Å². The molecule has 0 fully saturated rings. The molecule has 2 aromatic heterocycles. The summed E-state index contributed by atoms with van der Waals surface area (Å²) in [5, 5.41) is 7.57. The molecule has 4 rings (SSSR count). The molecular weight excluding hydrogens is 320 g/mol. The third kappa shape index (κ3) is 2.67. The maximum Gasteiger partial charge on any atom is 0.276 e. The third-order valence-corrected chi connectivity index (χ3v) is 4.51. The van der Waals surface area contributed by atoms with Crippen molar-refractivity contribution in [3.8, 4) is 17.0 Å². The van der Waals surface area contributed by atoms with Crippen molar-refractivity contribution in [1.82, 2.24) is 20.1 Å². The van der Waals surface area contributed by atoms with Gasteiger partial charge in [0.1, 0.15) is 11.5 Å². The molecular formula is C18H18N4O3. The first-order chi connectivity index (χ1) is 12.2. The van der Waals surface area contributed by atoms with E-state index in [0.29, 0.717) is 24.5 Å². The molecule has 1 aliphatic heterocycles. The highest BCUT2D eigenvalue weighted by molar-refractivity contribution is 5.93. The highest BCUT2D eigenvalue weighted by Gasteiger charge is 2.28. The number of benzene rings is 1. The van der Waals surface area contributed by atoms with Gasteiger partial charge < -0.3 is 14.1 Å². The number of nitrogens with one attached hydrogen (secondary N) is 1. The molecule has 1 aromatic carbocycles. The van der Waals surface area contributed by atoms with Gasteiger partial charge in [0.2, 0.25) is 0 Å². The zero-order valence-electron chi connectivity index (χ0n) is 14.1. The van der Waals surface area contributed by atoms with Crippen LogP contribution in [0.5, 0.6) is 5.75 Å². The quantitative estimate of drug-likeness (QED) is 0.793. The first-order valence-corrected chi connectivity index (χ1v) is 8.07. The van der Waals surface area contributed by atoms with Crippen LogP contribution in [0, 0.1) is 6.92 Å². The Morgan fingerprint density at radius 2 is 2.28 bits per heavy atom. The lowest BCUT2D eigenvalue weighted by Gasteiger charge is -2.26. The summed E-state index contributed by atoms with van der Waals surface area (Å²) >= 11 is 0. The van der Waals surface area contributed by atoms with Gasteiger partial charge in [-0.1, -0.05) is 12.1 Å². The molecule has 0 radical (unpaired) electrons. The lowest BCUT2D eigenvalue weighted by Crippen LogP contribution is -2.36. The summed E-state index contributed by atoms with van der Waals surface area (Å²) in [4.78, 5) is 18.5. The summed E-state index contributed by atoms with van der Waals surface area (Å²) in [5.41, 5.74) is 4.29. The number of H-pyrrole nitrogens is 1. The normalized spacial score (nSPS) is 13.6. The van der Waals surface area contributed by atoms with E-state index in [1.54, 1.807) is 18.9 Å². The Balaban J connectivity index is 1.66. The van der Waals surface area contributed by atoms with E-state index in [4.69, 9.17) is 9.15 Å². The van der Waals surface area contributed by atoms with Gasteiger partial charge >= 0.3 is 0 Å². The predicted octanol–water partition coefficient (Wildman–Crippen LogP) is 2.58. The van der Waals surface area contributed by atoms with Crippen LogP contribution < -0.4 is 4.74 Å². The Morgan fingerprint density at radius 1 is 1.40 bits per heavy atom. The first-order valence-electron chi connectivity index (χ1n) is 8.07. The summed E-state index contributed by atoms with van der Waals surface area (Å²) < 4.78 is 10.5. The number of aryl methyl sites for hydroxylation is 1. The highest BCUT2D eigenvalue weighted by atomic mass is 16.5. The van der Waals surface area contributed by atoms with Gasteiger partial charge in [0.15, 0.2) is 12.1 Å². The number of aromatic nitrogens is 3. The van der Waals surface area contributed by atoms with E-state index in [9.17, 15) is 4.79 Å². The number of fused-ring (bicyclic) bond motifs is 1. The molecule has 7 heteroatoms. The SMILES string of the molecule is COc1cccc(-c2n[nH]c3c2CN(C(=O)c2ncoc2C)CC3)c1. The minimum absolute atomic E-state index is 0.116. The van der Waals surface area contributed by atoms with Gasteiger partial charge in [0.25, 0.3) is 5.91 Å². The van der Waals surface area contributed by atoms with Gasteiger partial charge in [-0.05, 0) is 19.1 Å². The number of aromatic amines is 1. The molecule has 0 saturated heterocycles. The molecule has 0 aliphatic carbocycles. The minimum Gasteiger partial charge on any atom is -0.497 e. The van der Waals surface area contributed by atoms with Crippen molar-refractivity contribution in [3.63, 3.8) is 0 Å². The number of rotatable bonds is 3. The molecule has 1 aliphatic rings.